The minimum atomic E-state index is -1.47. The van der Waals surface area contributed by atoms with Crippen LogP contribution in [0.2, 0.25) is 0 Å². The van der Waals surface area contributed by atoms with Crippen LogP contribution >= 0.6 is 11.8 Å². The van der Waals surface area contributed by atoms with Crippen LogP contribution < -0.4 is 32.7 Å². The summed E-state index contributed by atoms with van der Waals surface area (Å²) >= 11 is 0.790. The van der Waals surface area contributed by atoms with Crippen molar-refractivity contribution < 1.29 is 39.0 Å². The molecule has 0 spiro atoms. The smallest absolute Gasteiger partial charge is 0.318 e. The first-order chi connectivity index (χ1) is 17.9. The Morgan fingerprint density at radius 1 is 0.947 bits per heavy atom. The molecule has 1 aromatic rings. The van der Waals surface area contributed by atoms with E-state index in [0.29, 0.717) is 5.56 Å². The monoisotopic (exact) mass is 552 g/mol. The predicted octanol–water partition coefficient (Wildman–Crippen LogP) is -3.42. The van der Waals surface area contributed by atoms with E-state index < -0.39 is 84.0 Å². The van der Waals surface area contributed by atoms with Gasteiger partial charge in [-0.3, -0.25) is 28.8 Å². The fourth-order valence-corrected chi connectivity index (χ4v) is 4.69. The van der Waals surface area contributed by atoms with Gasteiger partial charge in [0.05, 0.1) is 25.1 Å². The third kappa shape index (κ3) is 9.00. The summed E-state index contributed by atoms with van der Waals surface area (Å²) < 4.78 is 0. The van der Waals surface area contributed by atoms with Crippen LogP contribution in [0.4, 0.5) is 0 Å². The van der Waals surface area contributed by atoms with E-state index in [0.717, 1.165) is 11.8 Å². The molecular formula is C23H32N6O8S. The summed E-state index contributed by atoms with van der Waals surface area (Å²) in [6, 6.07) is 2.21. The maximum absolute atomic E-state index is 13.2. The van der Waals surface area contributed by atoms with Gasteiger partial charge >= 0.3 is 5.97 Å². The van der Waals surface area contributed by atoms with Gasteiger partial charge in [-0.25, -0.2) is 0 Å². The third-order valence-corrected chi connectivity index (χ3v) is 7.07. The highest BCUT2D eigenvalue weighted by Crippen LogP contribution is 2.20. The van der Waals surface area contributed by atoms with Gasteiger partial charge in [-0.1, -0.05) is 30.3 Å². The lowest BCUT2D eigenvalue weighted by atomic mass is 10.0. The lowest BCUT2D eigenvalue weighted by molar-refractivity contribution is -0.138. The summed E-state index contributed by atoms with van der Waals surface area (Å²) in [6.45, 7) is 0.474. The summed E-state index contributed by atoms with van der Waals surface area (Å²) in [5.74, 6) is -5.89. The molecule has 1 saturated heterocycles. The summed E-state index contributed by atoms with van der Waals surface area (Å²) in [7, 11) is 0. The van der Waals surface area contributed by atoms with E-state index in [1.165, 1.54) is 6.92 Å². The molecule has 1 aromatic carbocycles. The number of nitrogens with two attached hydrogens (primary N) is 2. The number of rotatable bonds is 6. The molecule has 1 fully saturated rings. The van der Waals surface area contributed by atoms with Gasteiger partial charge in [-0.2, -0.15) is 0 Å². The van der Waals surface area contributed by atoms with Crippen molar-refractivity contribution in [1.29, 1.82) is 0 Å². The molecule has 14 nitrogen and oxygen atoms in total. The number of primary amides is 1. The molecule has 0 radical (unpaired) electrons. The molecule has 5 amide bonds. The van der Waals surface area contributed by atoms with Crippen molar-refractivity contribution in [3.8, 4) is 0 Å². The Hall–Kier alpha value is -3.69. The summed E-state index contributed by atoms with van der Waals surface area (Å²) in [6.07, 6.45) is -0.532. The number of hydrogen-bond donors (Lipinski definition) is 8. The number of benzene rings is 1. The maximum atomic E-state index is 13.2. The summed E-state index contributed by atoms with van der Waals surface area (Å²) in [4.78, 5) is 74.8. The van der Waals surface area contributed by atoms with E-state index >= 15 is 0 Å². The van der Waals surface area contributed by atoms with E-state index in [-0.39, 0.29) is 12.2 Å². The average Bonchev–Trinajstić information content (AvgIpc) is 2.85. The number of thioether (sulfide) groups is 1. The first-order valence-electron chi connectivity index (χ1n) is 11.7. The Kier molecular flexibility index (Phi) is 11.5. The summed E-state index contributed by atoms with van der Waals surface area (Å²) in [5.41, 5.74) is 11.9. The zero-order chi connectivity index (χ0) is 28.4. The summed E-state index contributed by atoms with van der Waals surface area (Å²) in [5, 5.41) is 27.7. The second kappa shape index (κ2) is 14.3. The zero-order valence-corrected chi connectivity index (χ0v) is 21.4. The van der Waals surface area contributed by atoms with E-state index in [1.807, 2.05) is 0 Å². The zero-order valence-electron chi connectivity index (χ0n) is 20.6. The number of aliphatic hydroxyl groups excluding tert-OH is 1. The van der Waals surface area contributed by atoms with Crippen molar-refractivity contribution in [2.75, 3.05) is 12.4 Å². The quantitative estimate of drug-likeness (QED) is 0.174. The largest absolute Gasteiger partial charge is 0.480 e. The van der Waals surface area contributed by atoms with Crippen LogP contribution in [0.15, 0.2) is 30.3 Å². The minimum Gasteiger partial charge on any atom is -0.480 e. The number of aliphatic hydroxyl groups is 1. The first kappa shape index (κ1) is 30.5. The third-order valence-electron chi connectivity index (χ3n) is 5.63. The minimum absolute atomic E-state index is 0.0638. The van der Waals surface area contributed by atoms with Crippen LogP contribution in [0.5, 0.6) is 0 Å². The van der Waals surface area contributed by atoms with Crippen molar-refractivity contribution in [3.05, 3.63) is 35.9 Å². The number of hydrogen-bond acceptors (Lipinski definition) is 9. The van der Waals surface area contributed by atoms with Gasteiger partial charge in [0.15, 0.2) is 0 Å². The van der Waals surface area contributed by atoms with Crippen molar-refractivity contribution in [3.63, 3.8) is 0 Å². The number of carbonyl (C=O) groups is 6. The van der Waals surface area contributed by atoms with E-state index in [1.54, 1.807) is 30.3 Å². The lowest BCUT2D eigenvalue weighted by Gasteiger charge is -2.29. The molecule has 6 atom stereocenters. The van der Waals surface area contributed by atoms with Gasteiger partial charge in [-0.05, 0) is 18.9 Å². The Morgan fingerprint density at radius 3 is 2.13 bits per heavy atom. The normalized spacial score (nSPS) is 27.9. The van der Waals surface area contributed by atoms with Gasteiger partial charge in [-0.15, -0.1) is 11.8 Å². The molecule has 1 aliphatic heterocycles. The second-order valence-corrected chi connectivity index (χ2v) is 9.88. The highest BCUT2D eigenvalue weighted by molar-refractivity contribution is 8.00. The van der Waals surface area contributed by atoms with Gasteiger partial charge in [0, 0.05) is 5.75 Å². The fraction of sp³-hybridized carbons (Fsp3) is 0.478. The van der Waals surface area contributed by atoms with Crippen molar-refractivity contribution in [2.24, 2.45) is 11.5 Å². The number of carboxylic acid groups (broad SMARTS) is 1. The van der Waals surface area contributed by atoms with Crippen LogP contribution in [-0.2, 0) is 35.2 Å². The Morgan fingerprint density at radius 2 is 1.55 bits per heavy atom. The Bertz CT molecular complexity index is 1040. The number of nitrogens with one attached hydrogen (secondary N) is 4. The number of amides is 5. The van der Waals surface area contributed by atoms with E-state index in [9.17, 15) is 39.0 Å². The molecular weight excluding hydrogens is 520 g/mol. The Labute approximate surface area is 222 Å². The van der Waals surface area contributed by atoms with E-state index in [4.69, 9.17) is 11.5 Å². The lowest BCUT2D eigenvalue weighted by Crippen LogP contribution is -2.60. The van der Waals surface area contributed by atoms with Crippen LogP contribution in [0, 0.1) is 0 Å². The molecule has 0 saturated carbocycles. The topological polar surface area (TPSA) is 243 Å². The molecule has 0 bridgehead atoms. The van der Waals surface area contributed by atoms with Crippen molar-refractivity contribution >= 4 is 47.3 Å². The molecule has 208 valence electrons. The Balaban J connectivity index is 2.47. The second-order valence-electron chi connectivity index (χ2n) is 8.71. The van der Waals surface area contributed by atoms with E-state index in [2.05, 4.69) is 21.3 Å². The average molecular weight is 553 g/mol. The molecule has 3 unspecified atom stereocenters. The van der Waals surface area contributed by atoms with Gasteiger partial charge in [0.2, 0.25) is 29.5 Å². The highest BCUT2D eigenvalue weighted by atomic mass is 32.2. The first-order valence-corrected chi connectivity index (χ1v) is 12.7. The number of carbonyl (C=O) groups excluding carboxylic acids is 5. The highest BCUT2D eigenvalue weighted by Gasteiger charge is 2.35. The molecule has 1 aliphatic rings. The van der Waals surface area contributed by atoms with Crippen molar-refractivity contribution in [2.45, 2.75) is 55.2 Å². The molecule has 0 aliphatic carbocycles. The van der Waals surface area contributed by atoms with Gasteiger partial charge in [0.25, 0.3) is 0 Å². The molecule has 15 heteroatoms. The molecule has 10 N–H and O–H groups in total. The standard InChI is InChI=1S/C23H32N6O8S/c1-11-19(32)28-15(8-17(25)31)21(34)27-14(7-12-5-3-2-4-6-12)18(23(36)37)38-10-13(24)20(33)29-16(9-30)22(35)26-11/h2-6,11,13-16,18,30H,7-10,24H2,1H3,(H2,25,31)(H,26,35)(H,27,34)(H,28,32)(H,29,33)(H,36,37)/t11-,13-,14?,15-,16?,18?/m0/s1. The predicted molar refractivity (Wildman–Crippen MR) is 136 cm³/mol. The number of aliphatic carboxylic acids is 1. The number of carboxylic acids is 1. The molecule has 0 aromatic heterocycles. The van der Waals surface area contributed by atoms with Crippen LogP contribution in [0.3, 0.4) is 0 Å². The van der Waals surface area contributed by atoms with Gasteiger partial charge < -0.3 is 42.9 Å². The molecule has 1 heterocycles. The SMILES string of the molecule is C[C@@H]1NC(=O)C(CO)NC(=O)[C@@H](N)CSC(C(=O)O)C(Cc2ccccc2)NC(=O)[C@H](CC(N)=O)NC1=O. The van der Waals surface area contributed by atoms with Crippen LogP contribution in [-0.4, -0.2) is 93.5 Å². The van der Waals surface area contributed by atoms with Crippen molar-refractivity contribution in [1.82, 2.24) is 21.3 Å². The van der Waals surface area contributed by atoms with Crippen LogP contribution in [0.1, 0.15) is 18.9 Å². The molecule has 38 heavy (non-hydrogen) atoms. The fourth-order valence-electron chi connectivity index (χ4n) is 3.59. The molecule has 2 rings (SSSR count). The maximum Gasteiger partial charge on any atom is 0.318 e. The van der Waals surface area contributed by atoms with Crippen LogP contribution in [0.25, 0.3) is 0 Å². The van der Waals surface area contributed by atoms with Gasteiger partial charge in [0.1, 0.15) is 23.4 Å².